The average Bonchev–Trinajstić information content (AvgIpc) is 2.28. The Kier molecular flexibility index (Phi) is 4.35. The average molecular weight is 222 g/mol. The van der Waals surface area contributed by atoms with Gasteiger partial charge in [0.1, 0.15) is 5.41 Å². The zero-order chi connectivity index (χ0) is 12.2. The van der Waals surface area contributed by atoms with E-state index in [1.807, 2.05) is 6.07 Å². The molecule has 0 unspecified atom stereocenters. The molecule has 1 saturated carbocycles. The van der Waals surface area contributed by atoms with Crippen LogP contribution in [0.3, 0.4) is 0 Å². The molecule has 0 bridgehead atoms. The second kappa shape index (κ2) is 5.34. The minimum Gasteiger partial charge on any atom is -0.354 e. The Labute approximate surface area is 98.2 Å². The van der Waals surface area contributed by atoms with Gasteiger partial charge in [0.05, 0.1) is 6.07 Å². The highest BCUT2D eigenvalue weighted by Crippen LogP contribution is 2.27. The van der Waals surface area contributed by atoms with Crippen LogP contribution < -0.4 is 5.32 Å². The molecule has 0 atom stereocenters. The van der Waals surface area contributed by atoms with Gasteiger partial charge in [-0.1, -0.05) is 19.8 Å². The Morgan fingerprint density at radius 3 is 2.44 bits per heavy atom. The molecule has 1 amide bonds. The summed E-state index contributed by atoms with van der Waals surface area (Å²) in [4.78, 5) is 11.7. The minimum atomic E-state index is -0.901. The van der Waals surface area contributed by atoms with Crippen molar-refractivity contribution in [2.75, 3.05) is 6.54 Å². The van der Waals surface area contributed by atoms with Gasteiger partial charge in [-0.25, -0.2) is 0 Å². The predicted octanol–water partition coefficient (Wildman–Crippen LogP) is 2.48. The molecule has 0 saturated heterocycles. The van der Waals surface area contributed by atoms with E-state index in [1.165, 1.54) is 25.7 Å². The molecule has 3 heteroatoms. The normalized spacial score (nSPS) is 25.9. The van der Waals surface area contributed by atoms with E-state index in [-0.39, 0.29) is 5.91 Å². The molecule has 0 aromatic heterocycles. The number of carbonyl (C=O) groups is 1. The van der Waals surface area contributed by atoms with Gasteiger partial charge in [-0.05, 0) is 38.5 Å². The van der Waals surface area contributed by atoms with Crippen LogP contribution in [0.5, 0.6) is 0 Å². The Morgan fingerprint density at radius 1 is 1.38 bits per heavy atom. The molecule has 0 spiro atoms. The molecule has 0 aromatic carbocycles. The van der Waals surface area contributed by atoms with Gasteiger partial charge in [-0.2, -0.15) is 5.26 Å². The van der Waals surface area contributed by atoms with E-state index < -0.39 is 5.41 Å². The summed E-state index contributed by atoms with van der Waals surface area (Å²) < 4.78 is 0. The molecule has 16 heavy (non-hydrogen) atoms. The lowest BCUT2D eigenvalue weighted by Crippen LogP contribution is -2.39. The molecule has 3 nitrogen and oxygen atoms in total. The van der Waals surface area contributed by atoms with Gasteiger partial charge in [0.25, 0.3) is 0 Å². The minimum absolute atomic E-state index is 0.145. The molecule has 0 heterocycles. The van der Waals surface area contributed by atoms with Gasteiger partial charge in [-0.15, -0.1) is 0 Å². The van der Waals surface area contributed by atoms with Gasteiger partial charge in [0.15, 0.2) is 0 Å². The first-order valence-electron chi connectivity index (χ1n) is 6.15. The molecule has 1 N–H and O–H groups in total. The first-order chi connectivity index (χ1) is 7.45. The summed E-state index contributed by atoms with van der Waals surface area (Å²) >= 11 is 0. The van der Waals surface area contributed by atoms with Gasteiger partial charge >= 0.3 is 0 Å². The lowest BCUT2D eigenvalue weighted by atomic mass is 9.83. The molecule has 1 aliphatic rings. The number of carbonyl (C=O) groups excluding carboxylic acids is 1. The fourth-order valence-electron chi connectivity index (χ4n) is 2.04. The van der Waals surface area contributed by atoms with Crippen LogP contribution in [-0.4, -0.2) is 12.5 Å². The van der Waals surface area contributed by atoms with Crippen LogP contribution in [0.15, 0.2) is 0 Å². The number of nitrogens with one attached hydrogen (secondary N) is 1. The second-order valence-electron chi connectivity index (χ2n) is 5.57. The third-order valence-corrected chi connectivity index (χ3v) is 3.53. The Balaban J connectivity index is 2.30. The SMILES string of the molecule is CC1CCC(CNC(=O)C(C)(C)C#N)CC1. The fourth-order valence-corrected chi connectivity index (χ4v) is 2.04. The molecule has 0 aromatic rings. The molecule has 0 radical (unpaired) electrons. The summed E-state index contributed by atoms with van der Waals surface area (Å²) in [5.74, 6) is 1.30. The van der Waals surface area contributed by atoms with E-state index in [0.717, 1.165) is 12.5 Å². The first-order valence-corrected chi connectivity index (χ1v) is 6.15. The maximum Gasteiger partial charge on any atom is 0.239 e. The monoisotopic (exact) mass is 222 g/mol. The van der Waals surface area contributed by atoms with Crippen LogP contribution in [0.4, 0.5) is 0 Å². The van der Waals surface area contributed by atoms with Crippen molar-refractivity contribution in [3.63, 3.8) is 0 Å². The molecule has 1 fully saturated rings. The highest BCUT2D eigenvalue weighted by atomic mass is 16.2. The number of rotatable bonds is 3. The number of nitriles is 1. The zero-order valence-electron chi connectivity index (χ0n) is 10.5. The maximum atomic E-state index is 11.7. The summed E-state index contributed by atoms with van der Waals surface area (Å²) in [6, 6.07) is 2.02. The first kappa shape index (κ1) is 13.0. The number of hydrogen-bond donors (Lipinski definition) is 1. The van der Waals surface area contributed by atoms with Crippen molar-refractivity contribution in [2.45, 2.75) is 46.5 Å². The zero-order valence-corrected chi connectivity index (χ0v) is 10.5. The van der Waals surface area contributed by atoms with E-state index >= 15 is 0 Å². The van der Waals surface area contributed by atoms with Crippen LogP contribution in [-0.2, 0) is 4.79 Å². The molecule has 90 valence electrons. The Hall–Kier alpha value is -1.04. The van der Waals surface area contributed by atoms with Crippen LogP contribution in [0, 0.1) is 28.6 Å². The van der Waals surface area contributed by atoms with E-state index in [2.05, 4.69) is 12.2 Å². The molecule has 0 aliphatic heterocycles. The third kappa shape index (κ3) is 3.52. The molecular weight excluding hydrogens is 200 g/mol. The van der Waals surface area contributed by atoms with E-state index in [1.54, 1.807) is 13.8 Å². The summed E-state index contributed by atoms with van der Waals surface area (Å²) in [5, 5.41) is 11.7. The largest absolute Gasteiger partial charge is 0.354 e. The van der Waals surface area contributed by atoms with Crippen molar-refractivity contribution in [1.82, 2.24) is 5.32 Å². The topological polar surface area (TPSA) is 52.9 Å². The highest BCUT2D eigenvalue weighted by molar-refractivity contribution is 5.84. The number of amides is 1. The Bertz CT molecular complexity index is 283. The van der Waals surface area contributed by atoms with Crippen molar-refractivity contribution in [2.24, 2.45) is 17.3 Å². The summed E-state index contributed by atoms with van der Waals surface area (Å²) in [7, 11) is 0. The van der Waals surface area contributed by atoms with E-state index in [0.29, 0.717) is 5.92 Å². The van der Waals surface area contributed by atoms with E-state index in [4.69, 9.17) is 5.26 Å². The summed E-state index contributed by atoms with van der Waals surface area (Å²) in [6.07, 6.45) is 4.94. The van der Waals surface area contributed by atoms with Crippen LogP contribution in [0.2, 0.25) is 0 Å². The Morgan fingerprint density at radius 2 is 1.94 bits per heavy atom. The van der Waals surface area contributed by atoms with Crippen molar-refractivity contribution in [3.05, 3.63) is 0 Å². The third-order valence-electron chi connectivity index (χ3n) is 3.53. The van der Waals surface area contributed by atoms with Crippen LogP contribution >= 0.6 is 0 Å². The van der Waals surface area contributed by atoms with Gasteiger partial charge < -0.3 is 5.32 Å². The second-order valence-corrected chi connectivity index (χ2v) is 5.57. The summed E-state index contributed by atoms with van der Waals surface area (Å²) in [6.45, 7) is 6.33. The number of hydrogen-bond acceptors (Lipinski definition) is 2. The standard InChI is InChI=1S/C13H22N2O/c1-10-4-6-11(7-5-10)8-15-12(16)13(2,3)9-14/h10-11H,4-8H2,1-3H3,(H,15,16). The fraction of sp³-hybridized carbons (Fsp3) is 0.846. The quantitative estimate of drug-likeness (QED) is 0.797. The highest BCUT2D eigenvalue weighted by Gasteiger charge is 2.28. The van der Waals surface area contributed by atoms with Gasteiger partial charge in [-0.3, -0.25) is 4.79 Å². The number of nitrogens with zero attached hydrogens (tertiary/aromatic N) is 1. The van der Waals surface area contributed by atoms with Gasteiger partial charge in [0, 0.05) is 6.54 Å². The van der Waals surface area contributed by atoms with Crippen LogP contribution in [0.25, 0.3) is 0 Å². The summed E-state index contributed by atoms with van der Waals surface area (Å²) in [5.41, 5.74) is -0.901. The van der Waals surface area contributed by atoms with Crippen molar-refractivity contribution in [3.8, 4) is 6.07 Å². The molecule has 1 rings (SSSR count). The van der Waals surface area contributed by atoms with Crippen LogP contribution in [0.1, 0.15) is 46.5 Å². The van der Waals surface area contributed by atoms with Crippen molar-refractivity contribution < 1.29 is 4.79 Å². The lowest BCUT2D eigenvalue weighted by molar-refractivity contribution is -0.127. The maximum absolute atomic E-state index is 11.7. The predicted molar refractivity (Wildman–Crippen MR) is 63.5 cm³/mol. The van der Waals surface area contributed by atoms with Crippen molar-refractivity contribution in [1.29, 1.82) is 5.26 Å². The van der Waals surface area contributed by atoms with E-state index in [9.17, 15) is 4.79 Å². The molecule has 1 aliphatic carbocycles. The lowest BCUT2D eigenvalue weighted by Gasteiger charge is -2.27. The molecular formula is C13H22N2O. The smallest absolute Gasteiger partial charge is 0.239 e. The van der Waals surface area contributed by atoms with Gasteiger partial charge in [0.2, 0.25) is 5.91 Å². The van der Waals surface area contributed by atoms with Crippen molar-refractivity contribution >= 4 is 5.91 Å².